The third-order valence-electron chi connectivity index (χ3n) is 4.95. The number of carbonyl (C=O) groups excluding carboxylic acids is 2. The summed E-state index contributed by atoms with van der Waals surface area (Å²) in [6, 6.07) is 8.80. The normalized spacial score (nSPS) is 17.5. The number of hydrogen-bond acceptors (Lipinski definition) is 7. The van der Waals surface area contributed by atoms with Crippen LogP contribution >= 0.6 is 22.7 Å². The van der Waals surface area contributed by atoms with Crippen LogP contribution in [0.3, 0.4) is 0 Å². The number of thiophene rings is 1. The Hall–Kier alpha value is -2.91. The van der Waals surface area contributed by atoms with Gasteiger partial charge in [-0.3, -0.25) is 9.59 Å². The lowest BCUT2D eigenvalue weighted by Crippen LogP contribution is -2.42. The Morgan fingerprint density at radius 3 is 2.93 bits per heavy atom. The highest BCUT2D eigenvalue weighted by atomic mass is 32.1. The minimum Gasteiger partial charge on any atom is -0.454 e. The van der Waals surface area contributed by atoms with Crippen molar-refractivity contribution in [1.29, 1.82) is 0 Å². The Labute approximate surface area is 174 Å². The molecule has 0 bridgehead atoms. The maximum Gasteiger partial charge on any atom is 0.264 e. The zero-order valence-electron chi connectivity index (χ0n) is 15.3. The summed E-state index contributed by atoms with van der Waals surface area (Å²) in [5.41, 5.74) is 1.64. The van der Waals surface area contributed by atoms with Crippen molar-refractivity contribution in [2.24, 2.45) is 0 Å². The Kier molecular flexibility index (Phi) is 4.69. The molecule has 1 fully saturated rings. The van der Waals surface area contributed by atoms with E-state index in [1.807, 2.05) is 35.0 Å². The van der Waals surface area contributed by atoms with Gasteiger partial charge in [0.2, 0.25) is 12.7 Å². The number of amides is 2. The van der Waals surface area contributed by atoms with Crippen LogP contribution in [0.15, 0.2) is 41.1 Å². The van der Waals surface area contributed by atoms with Crippen LogP contribution < -0.4 is 14.8 Å². The number of carbonyl (C=O) groups is 2. The molecule has 5 rings (SSSR count). The lowest BCUT2D eigenvalue weighted by atomic mass is 10.1. The first-order valence-corrected chi connectivity index (χ1v) is 11.0. The van der Waals surface area contributed by atoms with Gasteiger partial charge >= 0.3 is 0 Å². The standard InChI is InChI=1S/C20H17N3O4S2/c24-18(14-3-1-7-23(14)19(25)17-4-2-8-28-17)22-20-21-13(10-29-20)12-5-6-15-16(9-12)27-11-26-15/h2,4-6,8-10,14H,1,3,7,11H2,(H,21,22,24)/t14-/m0/s1. The van der Waals surface area contributed by atoms with E-state index in [1.165, 1.54) is 22.7 Å². The van der Waals surface area contributed by atoms with Crippen LogP contribution in [0, 0.1) is 0 Å². The number of ether oxygens (including phenoxy) is 2. The molecule has 3 aromatic rings. The predicted octanol–water partition coefficient (Wildman–Crippen LogP) is 3.84. The second-order valence-electron chi connectivity index (χ2n) is 6.73. The molecule has 2 amide bonds. The molecular formula is C20H17N3O4S2. The molecular weight excluding hydrogens is 410 g/mol. The van der Waals surface area contributed by atoms with E-state index in [0.29, 0.717) is 34.5 Å². The van der Waals surface area contributed by atoms with E-state index in [-0.39, 0.29) is 18.6 Å². The predicted molar refractivity (Wildman–Crippen MR) is 111 cm³/mol. The average Bonchev–Trinajstić information content (AvgIpc) is 3.54. The van der Waals surface area contributed by atoms with Crippen LogP contribution in [0.5, 0.6) is 11.5 Å². The quantitative estimate of drug-likeness (QED) is 0.684. The summed E-state index contributed by atoms with van der Waals surface area (Å²) >= 11 is 2.75. The van der Waals surface area contributed by atoms with Crippen LogP contribution in [0.2, 0.25) is 0 Å². The van der Waals surface area contributed by atoms with Crippen molar-refractivity contribution in [3.63, 3.8) is 0 Å². The summed E-state index contributed by atoms with van der Waals surface area (Å²) in [4.78, 5) is 32.3. The minimum atomic E-state index is -0.470. The van der Waals surface area contributed by atoms with E-state index in [9.17, 15) is 9.59 Å². The molecule has 2 aliphatic rings. The molecule has 0 unspecified atom stereocenters. The molecule has 0 saturated carbocycles. The third kappa shape index (κ3) is 3.47. The Bertz CT molecular complexity index is 1060. The van der Waals surface area contributed by atoms with Crippen molar-refractivity contribution in [3.05, 3.63) is 46.0 Å². The van der Waals surface area contributed by atoms with Gasteiger partial charge in [0.05, 0.1) is 10.6 Å². The number of benzene rings is 1. The van der Waals surface area contributed by atoms with Crippen LogP contribution in [0.25, 0.3) is 11.3 Å². The fourth-order valence-electron chi connectivity index (χ4n) is 3.53. The molecule has 148 valence electrons. The smallest absolute Gasteiger partial charge is 0.264 e. The zero-order valence-corrected chi connectivity index (χ0v) is 16.9. The number of hydrogen-bond donors (Lipinski definition) is 1. The Morgan fingerprint density at radius 1 is 1.17 bits per heavy atom. The van der Waals surface area contributed by atoms with Gasteiger partial charge in [-0.25, -0.2) is 4.98 Å². The molecule has 1 saturated heterocycles. The first kappa shape index (κ1) is 18.1. The van der Waals surface area contributed by atoms with Crippen molar-refractivity contribution in [3.8, 4) is 22.8 Å². The van der Waals surface area contributed by atoms with E-state index in [4.69, 9.17) is 9.47 Å². The summed E-state index contributed by atoms with van der Waals surface area (Å²) in [7, 11) is 0. The molecule has 4 heterocycles. The summed E-state index contributed by atoms with van der Waals surface area (Å²) in [5.74, 6) is 1.13. The van der Waals surface area contributed by atoms with Crippen LogP contribution in [0.1, 0.15) is 22.5 Å². The molecule has 0 spiro atoms. The largest absolute Gasteiger partial charge is 0.454 e. The maximum atomic E-state index is 12.8. The Morgan fingerprint density at radius 2 is 2.07 bits per heavy atom. The molecule has 0 radical (unpaired) electrons. The van der Waals surface area contributed by atoms with Gasteiger partial charge in [-0.2, -0.15) is 0 Å². The molecule has 2 aliphatic heterocycles. The molecule has 1 atom stereocenters. The third-order valence-corrected chi connectivity index (χ3v) is 6.57. The summed E-state index contributed by atoms with van der Waals surface area (Å²) in [5, 5.41) is 7.14. The number of anilines is 1. The van der Waals surface area contributed by atoms with E-state index in [2.05, 4.69) is 10.3 Å². The maximum absolute atomic E-state index is 12.8. The summed E-state index contributed by atoms with van der Waals surface area (Å²) in [6.45, 7) is 0.814. The lowest BCUT2D eigenvalue weighted by Gasteiger charge is -2.22. The number of thiazole rings is 1. The molecule has 1 N–H and O–H groups in total. The van der Waals surface area contributed by atoms with Gasteiger partial charge in [-0.05, 0) is 42.5 Å². The van der Waals surface area contributed by atoms with E-state index < -0.39 is 6.04 Å². The van der Waals surface area contributed by atoms with Crippen molar-refractivity contribution in [2.45, 2.75) is 18.9 Å². The van der Waals surface area contributed by atoms with Crippen LogP contribution in [0.4, 0.5) is 5.13 Å². The number of likely N-dealkylation sites (tertiary alicyclic amines) is 1. The van der Waals surface area contributed by atoms with E-state index in [1.54, 1.807) is 11.0 Å². The number of fused-ring (bicyclic) bond motifs is 1. The van der Waals surface area contributed by atoms with E-state index >= 15 is 0 Å². The Balaban J connectivity index is 1.29. The van der Waals surface area contributed by atoms with Gasteiger partial charge in [0.1, 0.15) is 6.04 Å². The fourth-order valence-corrected chi connectivity index (χ4v) is 4.93. The fraction of sp³-hybridized carbons (Fsp3) is 0.250. The van der Waals surface area contributed by atoms with Crippen LogP contribution in [-0.4, -0.2) is 41.1 Å². The molecule has 7 nitrogen and oxygen atoms in total. The van der Waals surface area contributed by atoms with Crippen molar-refractivity contribution >= 4 is 39.6 Å². The highest BCUT2D eigenvalue weighted by Crippen LogP contribution is 2.36. The number of aromatic nitrogens is 1. The van der Waals surface area contributed by atoms with Gasteiger partial charge < -0.3 is 19.7 Å². The number of nitrogens with one attached hydrogen (secondary N) is 1. The molecule has 0 aliphatic carbocycles. The number of nitrogens with zero attached hydrogens (tertiary/aromatic N) is 2. The topological polar surface area (TPSA) is 80.8 Å². The van der Waals surface area contributed by atoms with Gasteiger partial charge in [-0.15, -0.1) is 22.7 Å². The van der Waals surface area contributed by atoms with Crippen molar-refractivity contribution in [1.82, 2.24) is 9.88 Å². The number of rotatable bonds is 4. The molecule has 1 aromatic carbocycles. The first-order valence-electron chi connectivity index (χ1n) is 9.20. The molecule has 2 aromatic heterocycles. The van der Waals surface area contributed by atoms with Gasteiger partial charge in [0.15, 0.2) is 16.6 Å². The highest BCUT2D eigenvalue weighted by Gasteiger charge is 2.35. The average molecular weight is 428 g/mol. The van der Waals surface area contributed by atoms with Gasteiger partial charge in [0.25, 0.3) is 5.91 Å². The van der Waals surface area contributed by atoms with Crippen molar-refractivity contribution in [2.75, 3.05) is 18.7 Å². The zero-order chi connectivity index (χ0) is 19.8. The van der Waals surface area contributed by atoms with E-state index in [0.717, 1.165) is 17.7 Å². The molecule has 29 heavy (non-hydrogen) atoms. The first-order chi connectivity index (χ1) is 14.2. The highest BCUT2D eigenvalue weighted by molar-refractivity contribution is 7.14. The lowest BCUT2D eigenvalue weighted by molar-refractivity contribution is -0.119. The van der Waals surface area contributed by atoms with Crippen molar-refractivity contribution < 1.29 is 19.1 Å². The summed E-state index contributed by atoms with van der Waals surface area (Å²) < 4.78 is 10.7. The molecule has 9 heteroatoms. The van der Waals surface area contributed by atoms with Gasteiger partial charge in [0, 0.05) is 17.5 Å². The second kappa shape index (κ2) is 7.49. The summed E-state index contributed by atoms with van der Waals surface area (Å²) in [6.07, 6.45) is 1.47. The van der Waals surface area contributed by atoms with Crippen LogP contribution in [-0.2, 0) is 4.79 Å². The minimum absolute atomic E-state index is 0.0853. The van der Waals surface area contributed by atoms with Gasteiger partial charge in [-0.1, -0.05) is 6.07 Å². The monoisotopic (exact) mass is 427 g/mol. The SMILES string of the molecule is O=C(Nc1nc(-c2ccc3c(c2)OCO3)cs1)[C@@H]1CCCN1C(=O)c1cccs1. The second-order valence-corrected chi connectivity index (χ2v) is 8.53.